The summed E-state index contributed by atoms with van der Waals surface area (Å²) in [4.78, 5) is 27.2. The summed E-state index contributed by atoms with van der Waals surface area (Å²) in [5.74, 6) is -1.34. The summed E-state index contributed by atoms with van der Waals surface area (Å²) < 4.78 is 5.35. The van der Waals surface area contributed by atoms with E-state index < -0.39 is 5.97 Å². The van der Waals surface area contributed by atoms with Gasteiger partial charge in [0.05, 0.1) is 17.4 Å². The SMILES string of the molecule is COC1CC(NC(=O)c2ccc(C(=O)O)c(C)n2)C1(C)C. The number of nitrogens with zero attached hydrogens (tertiary/aromatic N) is 1. The van der Waals surface area contributed by atoms with Gasteiger partial charge in [0.2, 0.25) is 0 Å². The molecule has 2 rings (SSSR count). The minimum absolute atomic E-state index is 0.0243. The minimum atomic E-state index is -1.05. The van der Waals surface area contributed by atoms with Gasteiger partial charge >= 0.3 is 5.97 Å². The molecule has 1 aliphatic rings. The lowest BCUT2D eigenvalue weighted by atomic mass is 9.64. The zero-order valence-electron chi connectivity index (χ0n) is 12.6. The standard InChI is InChI=1S/C15H20N2O4/c1-8-9(14(19)20)5-6-10(16-8)13(18)17-11-7-12(21-4)15(11,2)3/h5-6,11-12H,7H2,1-4H3,(H,17,18)(H,19,20). The highest BCUT2D eigenvalue weighted by Gasteiger charge is 2.49. The third kappa shape index (κ3) is 2.76. The normalized spacial score (nSPS) is 23.2. The quantitative estimate of drug-likeness (QED) is 0.880. The van der Waals surface area contributed by atoms with E-state index in [4.69, 9.17) is 9.84 Å². The molecule has 21 heavy (non-hydrogen) atoms. The van der Waals surface area contributed by atoms with Crippen molar-refractivity contribution in [2.45, 2.75) is 39.3 Å². The first-order chi connectivity index (χ1) is 9.77. The number of ether oxygens (including phenoxy) is 1. The van der Waals surface area contributed by atoms with Crippen LogP contribution in [0.2, 0.25) is 0 Å². The highest BCUT2D eigenvalue weighted by atomic mass is 16.5. The number of carboxylic acid groups (broad SMARTS) is 1. The van der Waals surface area contributed by atoms with Gasteiger partial charge in [0.1, 0.15) is 5.69 Å². The molecule has 0 aliphatic heterocycles. The Labute approximate surface area is 123 Å². The van der Waals surface area contributed by atoms with Crippen LogP contribution in [-0.2, 0) is 4.74 Å². The van der Waals surface area contributed by atoms with Crippen LogP contribution in [0.5, 0.6) is 0 Å². The van der Waals surface area contributed by atoms with E-state index in [1.54, 1.807) is 14.0 Å². The molecule has 6 nitrogen and oxygen atoms in total. The Morgan fingerprint density at radius 2 is 2.10 bits per heavy atom. The first-order valence-corrected chi connectivity index (χ1v) is 6.82. The number of pyridine rings is 1. The summed E-state index contributed by atoms with van der Waals surface area (Å²) >= 11 is 0. The van der Waals surface area contributed by atoms with E-state index in [-0.39, 0.29) is 34.7 Å². The van der Waals surface area contributed by atoms with Crippen LogP contribution in [-0.4, -0.2) is 41.2 Å². The molecule has 114 valence electrons. The second kappa shape index (κ2) is 5.44. The number of carbonyl (C=O) groups excluding carboxylic acids is 1. The van der Waals surface area contributed by atoms with Crippen LogP contribution in [0.4, 0.5) is 0 Å². The van der Waals surface area contributed by atoms with Crippen LogP contribution in [0.1, 0.15) is 46.8 Å². The smallest absolute Gasteiger partial charge is 0.337 e. The summed E-state index contributed by atoms with van der Waals surface area (Å²) in [5, 5.41) is 11.9. The maximum absolute atomic E-state index is 12.2. The molecule has 1 aromatic rings. The average molecular weight is 292 g/mol. The van der Waals surface area contributed by atoms with Crippen molar-refractivity contribution in [3.8, 4) is 0 Å². The molecule has 0 spiro atoms. The fraction of sp³-hybridized carbons (Fsp3) is 0.533. The third-order valence-electron chi connectivity index (χ3n) is 4.32. The van der Waals surface area contributed by atoms with Crippen molar-refractivity contribution in [1.82, 2.24) is 10.3 Å². The highest BCUT2D eigenvalue weighted by Crippen LogP contribution is 2.42. The predicted molar refractivity (Wildman–Crippen MR) is 76.4 cm³/mol. The predicted octanol–water partition coefficient (Wildman–Crippen LogP) is 1.63. The van der Waals surface area contributed by atoms with Crippen LogP contribution >= 0.6 is 0 Å². The molecule has 0 saturated heterocycles. The molecule has 1 fully saturated rings. The van der Waals surface area contributed by atoms with E-state index in [9.17, 15) is 9.59 Å². The van der Waals surface area contributed by atoms with E-state index >= 15 is 0 Å². The zero-order valence-corrected chi connectivity index (χ0v) is 12.6. The Bertz CT molecular complexity index is 583. The molecular formula is C15H20N2O4. The van der Waals surface area contributed by atoms with Crippen molar-refractivity contribution >= 4 is 11.9 Å². The lowest BCUT2D eigenvalue weighted by Crippen LogP contribution is -2.61. The molecule has 2 unspecified atom stereocenters. The molecule has 1 aliphatic carbocycles. The lowest BCUT2D eigenvalue weighted by Gasteiger charge is -2.51. The van der Waals surface area contributed by atoms with Crippen LogP contribution < -0.4 is 5.32 Å². The van der Waals surface area contributed by atoms with Crippen LogP contribution in [0.15, 0.2) is 12.1 Å². The first kappa shape index (κ1) is 15.4. The Morgan fingerprint density at radius 1 is 1.43 bits per heavy atom. The number of hydrogen-bond acceptors (Lipinski definition) is 4. The number of carbonyl (C=O) groups is 2. The topological polar surface area (TPSA) is 88.5 Å². The summed E-state index contributed by atoms with van der Waals surface area (Å²) in [6.07, 6.45) is 0.897. The lowest BCUT2D eigenvalue weighted by molar-refractivity contribution is -0.0942. The molecule has 1 aromatic heterocycles. The van der Waals surface area contributed by atoms with Gasteiger partial charge in [-0.25, -0.2) is 9.78 Å². The molecule has 1 saturated carbocycles. The van der Waals surface area contributed by atoms with Gasteiger partial charge in [-0.2, -0.15) is 0 Å². The number of aromatic nitrogens is 1. The molecule has 0 radical (unpaired) electrons. The van der Waals surface area contributed by atoms with Crippen molar-refractivity contribution in [2.24, 2.45) is 5.41 Å². The first-order valence-electron chi connectivity index (χ1n) is 6.82. The van der Waals surface area contributed by atoms with Crippen molar-refractivity contribution in [1.29, 1.82) is 0 Å². The van der Waals surface area contributed by atoms with Gasteiger partial charge in [-0.3, -0.25) is 4.79 Å². The van der Waals surface area contributed by atoms with Gasteiger partial charge in [-0.15, -0.1) is 0 Å². The fourth-order valence-corrected chi connectivity index (χ4v) is 2.68. The molecule has 0 aromatic carbocycles. The largest absolute Gasteiger partial charge is 0.478 e. The zero-order chi connectivity index (χ0) is 15.8. The molecule has 6 heteroatoms. The Kier molecular flexibility index (Phi) is 4.00. The summed E-state index contributed by atoms with van der Waals surface area (Å²) in [7, 11) is 1.67. The number of hydrogen-bond donors (Lipinski definition) is 2. The molecular weight excluding hydrogens is 272 g/mol. The van der Waals surface area contributed by atoms with E-state index in [1.165, 1.54) is 12.1 Å². The fourth-order valence-electron chi connectivity index (χ4n) is 2.68. The second-order valence-electron chi connectivity index (χ2n) is 5.94. The maximum Gasteiger partial charge on any atom is 0.337 e. The Balaban J connectivity index is 2.08. The van der Waals surface area contributed by atoms with Gasteiger partial charge < -0.3 is 15.2 Å². The highest BCUT2D eigenvalue weighted by molar-refractivity contribution is 5.94. The summed E-state index contributed by atoms with van der Waals surface area (Å²) in [6, 6.07) is 2.87. The minimum Gasteiger partial charge on any atom is -0.478 e. The number of methoxy groups -OCH3 is 1. The van der Waals surface area contributed by atoms with Crippen molar-refractivity contribution in [3.05, 3.63) is 29.1 Å². The number of nitrogens with one attached hydrogen (secondary N) is 1. The number of rotatable bonds is 4. The van der Waals surface area contributed by atoms with E-state index in [1.807, 2.05) is 13.8 Å². The van der Waals surface area contributed by atoms with Crippen LogP contribution in [0.25, 0.3) is 0 Å². The van der Waals surface area contributed by atoms with Gasteiger partial charge in [0.25, 0.3) is 5.91 Å². The van der Waals surface area contributed by atoms with Crippen molar-refractivity contribution in [3.63, 3.8) is 0 Å². The third-order valence-corrected chi connectivity index (χ3v) is 4.32. The van der Waals surface area contributed by atoms with Crippen molar-refractivity contribution in [2.75, 3.05) is 7.11 Å². The van der Waals surface area contributed by atoms with E-state index in [2.05, 4.69) is 10.3 Å². The van der Waals surface area contributed by atoms with E-state index in [0.717, 1.165) is 6.42 Å². The molecule has 1 amide bonds. The Morgan fingerprint density at radius 3 is 2.57 bits per heavy atom. The number of amides is 1. The van der Waals surface area contributed by atoms with E-state index in [0.29, 0.717) is 5.69 Å². The second-order valence-corrected chi connectivity index (χ2v) is 5.94. The summed E-state index contributed by atoms with van der Waals surface area (Å²) in [5.41, 5.74) is 0.544. The monoisotopic (exact) mass is 292 g/mol. The average Bonchev–Trinajstić information content (AvgIpc) is 2.42. The van der Waals surface area contributed by atoms with Gasteiger partial charge in [-0.1, -0.05) is 13.8 Å². The van der Waals surface area contributed by atoms with Gasteiger partial charge in [0, 0.05) is 18.6 Å². The molecule has 0 bridgehead atoms. The molecule has 2 atom stereocenters. The maximum atomic E-state index is 12.2. The number of aromatic carboxylic acids is 1. The van der Waals surface area contributed by atoms with Crippen LogP contribution in [0.3, 0.4) is 0 Å². The number of carboxylic acids is 1. The van der Waals surface area contributed by atoms with Gasteiger partial charge in [0.15, 0.2) is 0 Å². The van der Waals surface area contributed by atoms with Gasteiger partial charge in [-0.05, 0) is 25.5 Å². The summed E-state index contributed by atoms with van der Waals surface area (Å²) in [6.45, 7) is 5.66. The van der Waals surface area contributed by atoms with Crippen molar-refractivity contribution < 1.29 is 19.4 Å². The number of aryl methyl sites for hydroxylation is 1. The molecule has 1 heterocycles. The van der Waals surface area contributed by atoms with Crippen LogP contribution in [0, 0.1) is 12.3 Å². The molecule has 2 N–H and O–H groups in total. The Hall–Kier alpha value is -1.95.